The first-order valence-electron chi connectivity index (χ1n) is 12.5. The molecule has 0 spiro atoms. The van der Waals surface area contributed by atoms with E-state index in [2.05, 4.69) is 33.4 Å². The average Bonchev–Trinajstić information content (AvgIpc) is 3.47. The average molecular weight is 511 g/mol. The van der Waals surface area contributed by atoms with E-state index < -0.39 is 0 Å². The highest BCUT2D eigenvalue weighted by Crippen LogP contribution is 2.35. The quantitative estimate of drug-likeness (QED) is 0.383. The highest BCUT2D eigenvalue weighted by molar-refractivity contribution is 7.19. The summed E-state index contributed by atoms with van der Waals surface area (Å²) in [5.74, 6) is -0.746. The summed E-state index contributed by atoms with van der Waals surface area (Å²) >= 11 is 1.69. The SMILES string of the molecule is O=C(NCc1cc2ccccc2s1)C1CCCN(c2cccc3c2C(=O)N(Cc2cccnc2)C3=O)C1. The lowest BCUT2D eigenvalue weighted by atomic mass is 9.95. The molecule has 3 amide bonds. The fraction of sp³-hybridized carbons (Fsp3) is 0.241. The van der Waals surface area contributed by atoms with E-state index in [9.17, 15) is 14.4 Å². The fourth-order valence-electron chi connectivity index (χ4n) is 5.25. The zero-order valence-corrected chi connectivity index (χ0v) is 21.0. The Hall–Kier alpha value is -4.04. The number of piperidine rings is 1. The third-order valence-corrected chi connectivity index (χ3v) is 8.20. The fourth-order valence-corrected chi connectivity index (χ4v) is 6.25. The number of carbonyl (C=O) groups is 3. The lowest BCUT2D eigenvalue weighted by Gasteiger charge is -2.34. The Morgan fingerprint density at radius 3 is 2.78 bits per heavy atom. The van der Waals surface area contributed by atoms with Gasteiger partial charge >= 0.3 is 0 Å². The third-order valence-electron chi connectivity index (χ3n) is 7.09. The summed E-state index contributed by atoms with van der Waals surface area (Å²) in [6.07, 6.45) is 4.96. The maximum absolute atomic E-state index is 13.4. The molecule has 4 aromatic rings. The van der Waals surface area contributed by atoms with E-state index in [0.717, 1.165) is 35.5 Å². The van der Waals surface area contributed by atoms with Crippen LogP contribution in [-0.4, -0.2) is 40.7 Å². The molecule has 2 aromatic heterocycles. The molecule has 0 saturated carbocycles. The highest BCUT2D eigenvalue weighted by Gasteiger charge is 2.39. The number of fused-ring (bicyclic) bond motifs is 2. The Kier molecular flexibility index (Phi) is 6.18. The van der Waals surface area contributed by atoms with Gasteiger partial charge in [-0.3, -0.25) is 24.3 Å². The number of aromatic nitrogens is 1. The van der Waals surface area contributed by atoms with Gasteiger partial charge in [0.05, 0.1) is 35.8 Å². The molecule has 1 N–H and O–H groups in total. The predicted molar refractivity (Wildman–Crippen MR) is 143 cm³/mol. The van der Waals surface area contributed by atoms with E-state index in [0.29, 0.717) is 24.2 Å². The molecular formula is C29H26N4O3S. The zero-order chi connectivity index (χ0) is 25.4. The van der Waals surface area contributed by atoms with Gasteiger partial charge in [0.2, 0.25) is 5.91 Å². The van der Waals surface area contributed by atoms with Crippen molar-refractivity contribution >= 4 is 44.8 Å². The van der Waals surface area contributed by atoms with E-state index in [1.54, 1.807) is 35.9 Å². The Morgan fingerprint density at radius 1 is 1.05 bits per heavy atom. The summed E-state index contributed by atoms with van der Waals surface area (Å²) in [6, 6.07) is 19.4. The van der Waals surface area contributed by atoms with Crippen molar-refractivity contribution in [3.63, 3.8) is 0 Å². The van der Waals surface area contributed by atoms with Crippen LogP contribution < -0.4 is 10.2 Å². The van der Waals surface area contributed by atoms with Crippen LogP contribution in [0.1, 0.15) is 44.0 Å². The van der Waals surface area contributed by atoms with Gasteiger partial charge in [0, 0.05) is 35.1 Å². The number of anilines is 1. The van der Waals surface area contributed by atoms with Crippen LogP contribution in [-0.2, 0) is 17.9 Å². The van der Waals surface area contributed by atoms with Crippen molar-refractivity contribution < 1.29 is 14.4 Å². The van der Waals surface area contributed by atoms with Crippen LogP contribution in [0, 0.1) is 5.92 Å². The molecule has 0 bridgehead atoms. The van der Waals surface area contributed by atoms with Gasteiger partial charge in [-0.1, -0.05) is 30.3 Å². The number of thiophene rings is 1. The Labute approximate surface area is 218 Å². The van der Waals surface area contributed by atoms with Crippen LogP contribution in [0.4, 0.5) is 5.69 Å². The van der Waals surface area contributed by atoms with Gasteiger partial charge in [-0.2, -0.15) is 0 Å². The van der Waals surface area contributed by atoms with E-state index in [1.807, 2.05) is 30.3 Å². The number of hydrogen-bond acceptors (Lipinski definition) is 6. The smallest absolute Gasteiger partial charge is 0.263 e. The Bertz CT molecular complexity index is 1470. The minimum absolute atomic E-state index is 0.0235. The molecular weight excluding hydrogens is 484 g/mol. The van der Waals surface area contributed by atoms with Gasteiger partial charge in [-0.15, -0.1) is 11.3 Å². The largest absolute Gasteiger partial charge is 0.370 e. The molecule has 0 radical (unpaired) electrons. The third kappa shape index (κ3) is 4.49. The number of pyridine rings is 1. The minimum atomic E-state index is -0.296. The number of carbonyl (C=O) groups excluding carboxylic acids is 3. The second-order valence-electron chi connectivity index (χ2n) is 9.51. The number of rotatable bonds is 6. The first-order valence-corrected chi connectivity index (χ1v) is 13.3. The molecule has 2 aliphatic rings. The molecule has 1 unspecified atom stereocenters. The summed E-state index contributed by atoms with van der Waals surface area (Å²) in [6.45, 7) is 1.94. The summed E-state index contributed by atoms with van der Waals surface area (Å²) in [4.78, 5) is 48.2. The monoisotopic (exact) mass is 510 g/mol. The molecule has 1 fully saturated rings. The van der Waals surface area contributed by atoms with Crippen molar-refractivity contribution in [3.8, 4) is 0 Å². The van der Waals surface area contributed by atoms with Crippen molar-refractivity contribution in [2.24, 2.45) is 5.92 Å². The maximum Gasteiger partial charge on any atom is 0.263 e. The van der Waals surface area contributed by atoms with Crippen LogP contribution >= 0.6 is 11.3 Å². The number of imide groups is 1. The van der Waals surface area contributed by atoms with Gasteiger partial charge < -0.3 is 10.2 Å². The predicted octanol–water partition coefficient (Wildman–Crippen LogP) is 4.63. The van der Waals surface area contributed by atoms with Crippen LogP contribution in [0.25, 0.3) is 10.1 Å². The van der Waals surface area contributed by atoms with Gasteiger partial charge in [-0.25, -0.2) is 0 Å². The number of hydrogen-bond donors (Lipinski definition) is 1. The van der Waals surface area contributed by atoms with Gasteiger partial charge in [0.25, 0.3) is 11.8 Å². The normalized spacial score (nSPS) is 17.4. The second-order valence-corrected chi connectivity index (χ2v) is 10.7. The van der Waals surface area contributed by atoms with Crippen molar-refractivity contribution in [2.75, 3.05) is 18.0 Å². The molecule has 6 rings (SSSR count). The molecule has 2 aliphatic heterocycles. The molecule has 37 heavy (non-hydrogen) atoms. The number of amides is 3. The number of nitrogens with zero attached hydrogens (tertiary/aromatic N) is 3. The van der Waals surface area contributed by atoms with Crippen molar-refractivity contribution in [3.05, 3.63) is 94.6 Å². The summed E-state index contributed by atoms with van der Waals surface area (Å²) in [5.41, 5.74) is 2.38. The standard InChI is InChI=1S/C29H26N4O3S/c34-27(31-16-22-14-20-7-1-2-11-25(20)37-22)21-8-5-13-32(18-21)24-10-3-9-23-26(24)29(36)33(28(23)35)17-19-6-4-12-30-15-19/h1-4,6-7,9-12,14-15,21H,5,8,13,16-18H2,(H,31,34). The molecule has 7 nitrogen and oxygen atoms in total. The zero-order valence-electron chi connectivity index (χ0n) is 20.2. The molecule has 0 aliphatic carbocycles. The molecule has 1 atom stereocenters. The van der Waals surface area contributed by atoms with E-state index in [1.165, 1.54) is 15.0 Å². The Balaban J connectivity index is 1.16. The van der Waals surface area contributed by atoms with E-state index in [4.69, 9.17) is 0 Å². The van der Waals surface area contributed by atoms with Crippen molar-refractivity contribution in [1.82, 2.24) is 15.2 Å². The summed E-state index contributed by atoms with van der Waals surface area (Å²) in [7, 11) is 0. The molecule has 8 heteroatoms. The second kappa shape index (κ2) is 9.78. The topological polar surface area (TPSA) is 82.6 Å². The van der Waals surface area contributed by atoms with E-state index >= 15 is 0 Å². The summed E-state index contributed by atoms with van der Waals surface area (Å²) in [5, 5.41) is 4.30. The first-order chi connectivity index (χ1) is 18.1. The first kappa shape index (κ1) is 23.4. The Morgan fingerprint density at radius 2 is 1.95 bits per heavy atom. The van der Waals surface area contributed by atoms with Crippen LogP contribution in [0.15, 0.2) is 73.1 Å². The van der Waals surface area contributed by atoms with E-state index in [-0.39, 0.29) is 30.2 Å². The van der Waals surface area contributed by atoms with Gasteiger partial charge in [-0.05, 0) is 54.1 Å². The maximum atomic E-state index is 13.4. The van der Waals surface area contributed by atoms with Crippen LogP contribution in [0.2, 0.25) is 0 Å². The molecule has 186 valence electrons. The molecule has 4 heterocycles. The molecule has 1 saturated heterocycles. The lowest BCUT2D eigenvalue weighted by molar-refractivity contribution is -0.125. The minimum Gasteiger partial charge on any atom is -0.370 e. The van der Waals surface area contributed by atoms with Crippen molar-refractivity contribution in [2.45, 2.75) is 25.9 Å². The van der Waals surface area contributed by atoms with Crippen molar-refractivity contribution in [1.29, 1.82) is 0 Å². The summed E-state index contributed by atoms with van der Waals surface area (Å²) < 4.78 is 1.21. The number of nitrogens with one attached hydrogen (secondary N) is 1. The van der Waals surface area contributed by atoms with Crippen LogP contribution in [0.5, 0.6) is 0 Å². The molecule has 2 aromatic carbocycles. The number of benzene rings is 2. The van der Waals surface area contributed by atoms with Gasteiger partial charge in [0.1, 0.15) is 0 Å². The van der Waals surface area contributed by atoms with Crippen LogP contribution in [0.3, 0.4) is 0 Å². The van der Waals surface area contributed by atoms with Gasteiger partial charge in [0.15, 0.2) is 0 Å². The highest BCUT2D eigenvalue weighted by atomic mass is 32.1. The lowest BCUT2D eigenvalue weighted by Crippen LogP contribution is -2.43.